The summed E-state index contributed by atoms with van der Waals surface area (Å²) in [5.74, 6) is -7.81. The first-order valence-corrected chi connectivity index (χ1v) is 10.1. The first kappa shape index (κ1) is 18.4. The Kier molecular flexibility index (Phi) is 4.86. The van der Waals surface area contributed by atoms with Crippen LogP contribution in [0.15, 0.2) is 42.5 Å². The highest BCUT2D eigenvalue weighted by molar-refractivity contribution is 6.30. The second-order valence-corrected chi connectivity index (χ2v) is 7.91. The van der Waals surface area contributed by atoms with E-state index in [0.29, 0.717) is 5.56 Å². The lowest BCUT2D eigenvalue weighted by Gasteiger charge is -2.29. The number of alkyl halides is 2. The Morgan fingerprint density at radius 3 is 2.69 bits per heavy atom. The number of carbonyl (C=O) groups is 4. The van der Waals surface area contributed by atoms with Gasteiger partial charge in [0.25, 0.3) is 5.91 Å². The maximum Gasteiger partial charge on any atom is 0.330 e. The Morgan fingerprint density at radius 1 is 1.25 bits per heavy atom. The highest BCUT2D eigenvalue weighted by Gasteiger charge is 2.41. The highest BCUT2D eigenvalue weighted by atomic mass is 35.5. The molecule has 0 aliphatic carbocycles. The number of imide groups is 1. The van der Waals surface area contributed by atoms with Crippen LogP contribution >= 0.6 is 11.6 Å². The Balaban J connectivity index is 1.52. The van der Waals surface area contributed by atoms with Crippen LogP contribution < -0.4 is 5.31 Å². The van der Waals surface area contributed by atoms with Gasteiger partial charge in [0.2, 0.25) is 17.6 Å². The van der Waals surface area contributed by atoms with Gasteiger partial charge in [0, 0.05) is 36.9 Å². The zero-order valence-corrected chi connectivity index (χ0v) is 17.4. The number of Topliss-reactive ketones (excluding diaryl/α,β-unsaturated/α-hetero) is 1. The van der Waals surface area contributed by atoms with E-state index in [1.54, 1.807) is 0 Å². The third-order valence-electron chi connectivity index (χ3n) is 5.39. The summed E-state index contributed by atoms with van der Waals surface area (Å²) in [5, 5.41) is 0.327. The van der Waals surface area contributed by atoms with E-state index in [1.165, 1.54) is 30.3 Å². The second kappa shape index (κ2) is 8.43. The van der Waals surface area contributed by atoms with Crippen LogP contribution in [0.4, 0.5) is 8.78 Å². The summed E-state index contributed by atoms with van der Waals surface area (Å²) in [4.78, 5) is 50.2. The van der Waals surface area contributed by atoms with Crippen molar-refractivity contribution < 1.29 is 32.1 Å². The molecule has 4 rings (SSSR count). The molecule has 1 N–H and O–H groups in total. The predicted molar refractivity (Wildman–Crippen MR) is 111 cm³/mol. The first-order valence-electron chi connectivity index (χ1n) is 11.3. The molecule has 1 saturated heterocycles. The maximum atomic E-state index is 14.6. The van der Waals surface area contributed by atoms with Crippen molar-refractivity contribution in [3.63, 3.8) is 0 Å². The average Bonchev–Trinajstić information content (AvgIpc) is 3.17. The molecule has 6 nitrogen and oxygen atoms in total. The van der Waals surface area contributed by atoms with E-state index >= 15 is 0 Å². The zero-order chi connectivity index (χ0) is 25.7. The molecule has 9 heteroatoms. The van der Waals surface area contributed by atoms with E-state index in [0.717, 1.165) is 17.0 Å². The van der Waals surface area contributed by atoms with Gasteiger partial charge in [-0.05, 0) is 42.1 Å². The van der Waals surface area contributed by atoms with Crippen molar-refractivity contribution in [2.45, 2.75) is 44.1 Å². The van der Waals surface area contributed by atoms with Crippen LogP contribution in [0.2, 0.25) is 6.43 Å². The van der Waals surface area contributed by atoms with Gasteiger partial charge in [0.05, 0.1) is 1.37 Å². The number of halogens is 3. The number of aryl methyl sites for hydroxylation is 1. The van der Waals surface area contributed by atoms with E-state index in [1.807, 2.05) is 0 Å². The molecule has 2 aliphatic rings. The van der Waals surface area contributed by atoms with Crippen LogP contribution in [0.25, 0.3) is 0 Å². The van der Waals surface area contributed by atoms with Crippen LogP contribution in [0, 0.1) is 0 Å². The summed E-state index contributed by atoms with van der Waals surface area (Å²) < 4.78 is 53.5. The highest BCUT2D eigenvalue weighted by Crippen LogP contribution is 2.32. The van der Waals surface area contributed by atoms with Crippen LogP contribution in [-0.2, 0) is 33.2 Å². The van der Waals surface area contributed by atoms with Crippen LogP contribution in [0.1, 0.15) is 49.1 Å². The van der Waals surface area contributed by atoms with Gasteiger partial charge in [-0.25, -0.2) is 0 Å². The minimum absolute atomic E-state index is 0.0878. The lowest BCUT2D eigenvalue weighted by Crippen LogP contribution is -2.52. The number of ketones is 1. The molecule has 0 radical (unpaired) electrons. The lowest BCUT2D eigenvalue weighted by molar-refractivity contribution is -0.144. The third-order valence-corrected chi connectivity index (χ3v) is 5.64. The van der Waals surface area contributed by atoms with Crippen LogP contribution in [-0.4, -0.2) is 34.4 Å². The minimum atomic E-state index is -3.81. The fourth-order valence-electron chi connectivity index (χ4n) is 3.66. The molecule has 1 unspecified atom stereocenters. The molecule has 166 valence electrons. The van der Waals surface area contributed by atoms with Crippen molar-refractivity contribution in [2.75, 3.05) is 0 Å². The number of fused-ring (bicyclic) bond motifs is 1. The summed E-state index contributed by atoms with van der Waals surface area (Å²) in [5.41, 5.74) is 0.195. The van der Waals surface area contributed by atoms with Gasteiger partial charge in [-0.2, -0.15) is 8.78 Å². The molecular weight excluding hydrogens is 442 g/mol. The SMILES string of the molecule is [2H]C(CC(=O)C(F)(F)c1ccc(Cl)cc1)c1ccc2c(c1)CN([C@@]1([2H])CCC(=O)N([2H])C1=O)C2=O. The monoisotopic (exact) mass is 463 g/mol. The molecule has 2 heterocycles. The summed E-state index contributed by atoms with van der Waals surface area (Å²) in [6.07, 6.45) is -2.65. The number of carbonyl (C=O) groups excluding carboxylic acids is 4. The van der Waals surface area contributed by atoms with Gasteiger partial charge >= 0.3 is 5.92 Å². The van der Waals surface area contributed by atoms with E-state index < -0.39 is 53.8 Å². The molecule has 2 aliphatic heterocycles. The predicted octanol–water partition coefficient (Wildman–Crippen LogP) is 3.39. The maximum absolute atomic E-state index is 14.6. The van der Waals surface area contributed by atoms with Gasteiger partial charge in [-0.3, -0.25) is 24.5 Å². The summed E-state index contributed by atoms with van der Waals surface area (Å²) in [7, 11) is 0. The first-order chi connectivity index (χ1) is 16.4. The van der Waals surface area contributed by atoms with Crippen molar-refractivity contribution in [1.29, 1.82) is 0 Å². The van der Waals surface area contributed by atoms with Crippen molar-refractivity contribution in [3.8, 4) is 0 Å². The van der Waals surface area contributed by atoms with Crippen molar-refractivity contribution in [1.82, 2.24) is 10.2 Å². The normalized spacial score (nSPS) is 23.5. The van der Waals surface area contributed by atoms with E-state index in [9.17, 15) is 28.0 Å². The zero-order valence-electron chi connectivity index (χ0n) is 19.6. The molecule has 32 heavy (non-hydrogen) atoms. The number of rotatable bonds is 6. The van der Waals surface area contributed by atoms with Gasteiger partial charge in [0.1, 0.15) is 6.02 Å². The lowest BCUT2D eigenvalue weighted by atomic mass is 9.97. The van der Waals surface area contributed by atoms with Crippen molar-refractivity contribution >= 4 is 35.1 Å². The van der Waals surface area contributed by atoms with Crippen LogP contribution in [0.3, 0.4) is 0 Å². The summed E-state index contributed by atoms with van der Waals surface area (Å²) in [6.45, 7) is -0.194. The standard InChI is InChI=1S/C23H19ClF2N2O4/c24-16-5-3-15(4-6-16)23(25,26)19(29)9-2-13-1-7-17-14(11-13)12-28(22(17)32)18-8-10-20(30)27-21(18)31/h1,3-7,11,18H,2,8-10,12H2,(H,27,30,31)/t18-/m0/s1/i2D,18D/hD/t2?,18-. The Hall–Kier alpha value is -3.13. The van der Waals surface area contributed by atoms with E-state index in [2.05, 4.69) is 0 Å². The number of amides is 3. The summed E-state index contributed by atoms with van der Waals surface area (Å²) >= 11 is 5.71. The van der Waals surface area contributed by atoms with Crippen LogP contribution in [0.5, 0.6) is 0 Å². The quantitative estimate of drug-likeness (QED) is 0.665. The second-order valence-electron chi connectivity index (χ2n) is 7.48. The smallest absolute Gasteiger partial charge is 0.322 e. The fraction of sp³-hybridized carbons (Fsp3) is 0.304. The molecule has 1 fully saturated rings. The molecule has 2 atom stereocenters. The number of hydrogen-bond acceptors (Lipinski definition) is 4. The molecule has 2 aromatic carbocycles. The number of nitrogens with one attached hydrogen (secondary N) is 1. The molecule has 2 aromatic rings. The minimum Gasteiger partial charge on any atom is -0.322 e. The topological polar surface area (TPSA) is 83.6 Å². The fourth-order valence-corrected chi connectivity index (χ4v) is 3.79. The van der Waals surface area contributed by atoms with Gasteiger partial charge < -0.3 is 4.90 Å². The van der Waals surface area contributed by atoms with Gasteiger partial charge in [0.15, 0.2) is 1.41 Å². The summed E-state index contributed by atoms with van der Waals surface area (Å²) in [6, 6.07) is 6.58. The van der Waals surface area contributed by atoms with Gasteiger partial charge in [-0.1, -0.05) is 35.9 Å². The molecule has 0 spiro atoms. The molecule has 3 amide bonds. The number of nitrogens with zero attached hydrogens (tertiary/aromatic N) is 1. The third kappa shape index (κ3) is 4.14. The molecule has 0 bridgehead atoms. The Labute approximate surface area is 191 Å². The molecule has 0 saturated carbocycles. The molecular formula is C23H19ClF2N2O4. The number of hydrogen-bond donors (Lipinski definition) is 1. The Bertz CT molecular complexity index is 1240. The largest absolute Gasteiger partial charge is 0.330 e. The number of piperidine rings is 1. The Morgan fingerprint density at radius 2 is 1.97 bits per heavy atom. The average molecular weight is 464 g/mol. The van der Waals surface area contributed by atoms with Crippen molar-refractivity contribution in [2.24, 2.45) is 0 Å². The molecule has 0 aromatic heterocycles. The van der Waals surface area contributed by atoms with Crippen molar-refractivity contribution in [3.05, 3.63) is 69.7 Å². The van der Waals surface area contributed by atoms with E-state index in [-0.39, 0.29) is 40.8 Å². The van der Waals surface area contributed by atoms with E-state index in [4.69, 9.17) is 15.8 Å². The number of benzene rings is 2. The van der Waals surface area contributed by atoms with Gasteiger partial charge in [-0.15, -0.1) is 0 Å².